The minimum Gasteiger partial charge on any atom is -0.481 e. The van der Waals surface area contributed by atoms with Gasteiger partial charge in [0, 0.05) is 11.9 Å². The molecule has 2 aromatic rings. The summed E-state index contributed by atoms with van der Waals surface area (Å²) < 4.78 is 1.80. The van der Waals surface area contributed by atoms with Crippen LogP contribution in [0.15, 0.2) is 29.6 Å². The number of carbonyl (C=O) groups is 1. The summed E-state index contributed by atoms with van der Waals surface area (Å²) in [5.74, 6) is -0.927. The van der Waals surface area contributed by atoms with Gasteiger partial charge in [-0.3, -0.25) is 9.36 Å². The van der Waals surface area contributed by atoms with Crippen molar-refractivity contribution < 1.29 is 9.90 Å². The Labute approximate surface area is 124 Å². The molecular weight excluding hydrogens is 307 g/mol. The van der Waals surface area contributed by atoms with Crippen LogP contribution in [0, 0.1) is 6.92 Å². The lowest BCUT2D eigenvalue weighted by atomic mass is 10.3. The van der Waals surface area contributed by atoms with Crippen LogP contribution in [0.5, 0.6) is 0 Å². The smallest absolute Gasteiger partial charge is 0.313 e. The van der Waals surface area contributed by atoms with Crippen molar-refractivity contribution >= 4 is 40.9 Å². The Kier molecular flexibility index (Phi) is 4.39. The van der Waals surface area contributed by atoms with Crippen LogP contribution in [-0.4, -0.2) is 26.4 Å². The third kappa shape index (κ3) is 3.43. The number of rotatable bonds is 4. The van der Waals surface area contributed by atoms with Crippen molar-refractivity contribution in [2.24, 2.45) is 0 Å². The zero-order valence-corrected chi connectivity index (χ0v) is 12.3. The van der Waals surface area contributed by atoms with E-state index in [1.807, 2.05) is 13.1 Å². The summed E-state index contributed by atoms with van der Waals surface area (Å²) >= 11 is 13.0. The molecule has 0 unspecified atom stereocenters. The maximum Gasteiger partial charge on any atom is 0.313 e. The van der Waals surface area contributed by atoms with E-state index < -0.39 is 5.97 Å². The molecule has 0 radical (unpaired) electrons. The number of hydrogen-bond acceptors (Lipinski definition) is 3. The van der Waals surface area contributed by atoms with Gasteiger partial charge in [-0.15, -0.1) is 0 Å². The van der Waals surface area contributed by atoms with Crippen LogP contribution in [0.3, 0.4) is 0 Å². The molecular formula is C12H10Cl2N2O2S. The quantitative estimate of drug-likeness (QED) is 0.874. The standard InChI is InChI=1S/C12H10Cl2N2O2S/c1-7-5-16(12(15-7)19-6-11(17)18)8-2-3-9(13)10(14)4-8/h2-5H,6H2,1H3,(H,17,18). The van der Waals surface area contributed by atoms with Gasteiger partial charge >= 0.3 is 5.97 Å². The molecule has 4 nitrogen and oxygen atoms in total. The number of aryl methyl sites for hydroxylation is 1. The Morgan fingerprint density at radius 2 is 2.16 bits per heavy atom. The Bertz CT molecular complexity index is 628. The fourth-order valence-corrected chi connectivity index (χ4v) is 2.57. The van der Waals surface area contributed by atoms with Gasteiger partial charge in [0.15, 0.2) is 5.16 Å². The first kappa shape index (κ1) is 14.2. The number of aliphatic carboxylic acids is 1. The predicted octanol–water partition coefficient (Wildman–Crippen LogP) is 3.66. The van der Waals surface area contributed by atoms with Crippen LogP contribution in [-0.2, 0) is 4.79 Å². The highest BCUT2D eigenvalue weighted by Gasteiger charge is 2.11. The van der Waals surface area contributed by atoms with Gasteiger partial charge in [-0.2, -0.15) is 0 Å². The average molecular weight is 317 g/mol. The van der Waals surface area contributed by atoms with E-state index in [4.69, 9.17) is 28.3 Å². The van der Waals surface area contributed by atoms with Crippen LogP contribution in [0.1, 0.15) is 5.69 Å². The van der Waals surface area contributed by atoms with Crippen molar-refractivity contribution in [3.05, 3.63) is 40.1 Å². The van der Waals surface area contributed by atoms with Gasteiger partial charge in [0.25, 0.3) is 0 Å². The molecule has 0 spiro atoms. The number of hydrogen-bond donors (Lipinski definition) is 1. The number of carboxylic acid groups (broad SMARTS) is 1. The Hall–Kier alpha value is -1.17. The number of thioether (sulfide) groups is 1. The molecule has 100 valence electrons. The van der Waals surface area contributed by atoms with Crippen LogP contribution in [0.2, 0.25) is 10.0 Å². The maximum atomic E-state index is 10.6. The number of imidazole rings is 1. The second-order valence-electron chi connectivity index (χ2n) is 3.82. The van der Waals surface area contributed by atoms with Gasteiger partial charge in [0.05, 0.1) is 21.5 Å². The number of carboxylic acids is 1. The molecule has 0 atom stereocenters. The molecule has 19 heavy (non-hydrogen) atoms. The Morgan fingerprint density at radius 3 is 2.79 bits per heavy atom. The summed E-state index contributed by atoms with van der Waals surface area (Å²) in [5, 5.41) is 10.3. The van der Waals surface area contributed by atoms with Crippen molar-refractivity contribution in [2.75, 3.05) is 5.75 Å². The first-order valence-corrected chi connectivity index (χ1v) is 7.07. The zero-order chi connectivity index (χ0) is 14.0. The number of nitrogens with zero attached hydrogens (tertiary/aromatic N) is 2. The summed E-state index contributed by atoms with van der Waals surface area (Å²) in [5.41, 5.74) is 1.60. The fraction of sp³-hybridized carbons (Fsp3) is 0.167. The molecule has 7 heteroatoms. The normalized spacial score (nSPS) is 10.7. The van der Waals surface area contributed by atoms with E-state index >= 15 is 0 Å². The summed E-state index contributed by atoms with van der Waals surface area (Å²) in [7, 11) is 0. The van der Waals surface area contributed by atoms with Crippen molar-refractivity contribution in [1.82, 2.24) is 9.55 Å². The second kappa shape index (κ2) is 5.86. The lowest BCUT2D eigenvalue weighted by Crippen LogP contribution is -2.01. The van der Waals surface area contributed by atoms with Crippen LogP contribution in [0.25, 0.3) is 5.69 Å². The van der Waals surface area contributed by atoms with E-state index in [1.165, 1.54) is 0 Å². The van der Waals surface area contributed by atoms with Crippen LogP contribution < -0.4 is 0 Å². The lowest BCUT2D eigenvalue weighted by molar-refractivity contribution is -0.133. The SMILES string of the molecule is Cc1cn(-c2ccc(Cl)c(Cl)c2)c(SCC(=O)O)n1. The van der Waals surface area contributed by atoms with Gasteiger partial charge < -0.3 is 5.11 Å². The topological polar surface area (TPSA) is 55.1 Å². The van der Waals surface area contributed by atoms with Crippen molar-refractivity contribution in [3.63, 3.8) is 0 Å². The highest BCUT2D eigenvalue weighted by atomic mass is 35.5. The molecule has 0 aliphatic heterocycles. The predicted molar refractivity (Wildman–Crippen MR) is 76.7 cm³/mol. The third-order valence-electron chi connectivity index (χ3n) is 2.30. The summed E-state index contributed by atoms with van der Waals surface area (Å²) in [6.07, 6.45) is 1.82. The first-order valence-electron chi connectivity index (χ1n) is 5.33. The lowest BCUT2D eigenvalue weighted by Gasteiger charge is -2.07. The highest BCUT2D eigenvalue weighted by molar-refractivity contribution is 7.99. The molecule has 0 aliphatic rings. The highest BCUT2D eigenvalue weighted by Crippen LogP contribution is 2.27. The molecule has 0 amide bonds. The van der Waals surface area contributed by atoms with Crippen LogP contribution >= 0.6 is 35.0 Å². The van der Waals surface area contributed by atoms with Gasteiger partial charge in [0.1, 0.15) is 0 Å². The number of halogens is 2. The molecule has 0 saturated heterocycles. The van der Waals surface area contributed by atoms with E-state index in [1.54, 1.807) is 22.8 Å². The molecule has 0 saturated carbocycles. The molecule has 1 N–H and O–H groups in total. The maximum absolute atomic E-state index is 10.6. The first-order chi connectivity index (χ1) is 8.97. The summed E-state index contributed by atoms with van der Waals surface area (Å²) in [6.45, 7) is 1.85. The molecule has 1 aromatic carbocycles. The average Bonchev–Trinajstić information content (AvgIpc) is 2.71. The van der Waals surface area contributed by atoms with Crippen molar-refractivity contribution in [1.29, 1.82) is 0 Å². The largest absolute Gasteiger partial charge is 0.481 e. The van der Waals surface area contributed by atoms with Gasteiger partial charge in [-0.1, -0.05) is 35.0 Å². The molecule has 0 aliphatic carbocycles. The summed E-state index contributed by atoms with van der Waals surface area (Å²) in [4.78, 5) is 14.9. The van der Waals surface area contributed by atoms with E-state index in [2.05, 4.69) is 4.98 Å². The minimum absolute atomic E-state index is 0.0439. The minimum atomic E-state index is -0.883. The fourth-order valence-electron chi connectivity index (χ4n) is 1.52. The van der Waals surface area contributed by atoms with Crippen molar-refractivity contribution in [2.45, 2.75) is 12.1 Å². The van der Waals surface area contributed by atoms with Crippen LogP contribution in [0.4, 0.5) is 0 Å². The Morgan fingerprint density at radius 1 is 1.42 bits per heavy atom. The van der Waals surface area contributed by atoms with E-state index in [9.17, 15) is 4.79 Å². The molecule has 2 rings (SSSR count). The zero-order valence-electron chi connectivity index (χ0n) is 9.93. The number of aromatic nitrogens is 2. The molecule has 0 fully saturated rings. The monoisotopic (exact) mass is 316 g/mol. The Balaban J connectivity index is 2.37. The summed E-state index contributed by atoms with van der Waals surface area (Å²) in [6, 6.07) is 5.22. The van der Waals surface area contributed by atoms with Gasteiger partial charge in [-0.05, 0) is 25.1 Å². The second-order valence-corrected chi connectivity index (χ2v) is 5.57. The van der Waals surface area contributed by atoms with Gasteiger partial charge in [0.2, 0.25) is 0 Å². The van der Waals surface area contributed by atoms with E-state index in [0.717, 1.165) is 23.1 Å². The van der Waals surface area contributed by atoms with Gasteiger partial charge in [-0.25, -0.2) is 4.98 Å². The van der Waals surface area contributed by atoms with E-state index in [-0.39, 0.29) is 5.75 Å². The molecule has 1 aromatic heterocycles. The molecule has 0 bridgehead atoms. The number of benzene rings is 1. The van der Waals surface area contributed by atoms with E-state index in [0.29, 0.717) is 15.2 Å². The third-order valence-corrected chi connectivity index (χ3v) is 3.98. The molecule has 1 heterocycles. The van der Waals surface area contributed by atoms with Crippen molar-refractivity contribution in [3.8, 4) is 5.69 Å².